The summed E-state index contributed by atoms with van der Waals surface area (Å²) in [5, 5.41) is 0.728. The van der Waals surface area contributed by atoms with Crippen molar-refractivity contribution in [3.05, 3.63) is 76.7 Å². The summed E-state index contributed by atoms with van der Waals surface area (Å²) in [6.45, 7) is 5.45. The van der Waals surface area contributed by atoms with Gasteiger partial charge in [0.25, 0.3) is 0 Å². The zero-order valence-electron chi connectivity index (χ0n) is 18.4. The number of esters is 1. The van der Waals surface area contributed by atoms with Gasteiger partial charge in [-0.2, -0.15) is 0 Å². The quantitative estimate of drug-likeness (QED) is 0.393. The van der Waals surface area contributed by atoms with Crippen molar-refractivity contribution in [2.24, 2.45) is 0 Å². The fraction of sp³-hybridized carbons (Fsp3) is 0.240. The molecule has 1 heterocycles. The van der Waals surface area contributed by atoms with Crippen molar-refractivity contribution >= 4 is 28.7 Å². The number of allylic oxidation sites excluding steroid dienone is 1. The molecule has 0 N–H and O–H groups in total. The van der Waals surface area contributed by atoms with E-state index in [1.807, 2.05) is 19.9 Å². The molecule has 3 rings (SSSR count). The Labute approximate surface area is 181 Å². The molecule has 0 radical (unpaired) electrons. The van der Waals surface area contributed by atoms with Crippen molar-refractivity contribution in [1.29, 1.82) is 0 Å². The van der Waals surface area contributed by atoms with Crippen LogP contribution in [0.4, 0.5) is 4.39 Å². The molecule has 0 aliphatic rings. The number of pyridine rings is 1. The average Bonchev–Trinajstić information content (AvgIpc) is 2.79. The molecule has 3 aromatic rings. The third kappa shape index (κ3) is 5.75. The Hall–Kier alpha value is -3.54. The van der Waals surface area contributed by atoms with Crippen molar-refractivity contribution in [3.63, 3.8) is 0 Å². The second-order valence-electron chi connectivity index (χ2n) is 6.53. The van der Waals surface area contributed by atoms with Gasteiger partial charge < -0.3 is 9.47 Å². The number of carbonyl (C=O) groups is 2. The monoisotopic (exact) mass is 423 g/mol. The van der Waals surface area contributed by atoms with Gasteiger partial charge >= 0.3 is 5.97 Å². The van der Waals surface area contributed by atoms with E-state index in [0.29, 0.717) is 23.3 Å². The molecule has 0 bridgehead atoms. The van der Waals surface area contributed by atoms with E-state index in [9.17, 15) is 14.0 Å². The summed E-state index contributed by atoms with van der Waals surface area (Å²) in [4.78, 5) is 28.2. The Morgan fingerprint density at radius 2 is 1.74 bits per heavy atom. The number of carbonyl (C=O) groups excluding carboxylic acids is 2. The molecule has 2 aromatic carbocycles. The van der Waals surface area contributed by atoms with Crippen LogP contribution in [0.5, 0.6) is 5.75 Å². The van der Waals surface area contributed by atoms with Crippen molar-refractivity contribution in [2.45, 2.75) is 27.2 Å². The summed E-state index contributed by atoms with van der Waals surface area (Å²) < 4.78 is 23.4. The molecule has 5 nitrogen and oxygen atoms in total. The van der Waals surface area contributed by atoms with E-state index in [4.69, 9.17) is 9.47 Å². The van der Waals surface area contributed by atoms with Crippen molar-refractivity contribution in [1.82, 2.24) is 4.98 Å². The molecule has 0 fully saturated rings. The summed E-state index contributed by atoms with van der Waals surface area (Å²) in [6, 6.07) is 9.81. The van der Waals surface area contributed by atoms with E-state index in [0.717, 1.165) is 16.5 Å². The van der Waals surface area contributed by atoms with Crippen LogP contribution in [0.3, 0.4) is 0 Å². The molecular formula is C25H26FNO4. The highest BCUT2D eigenvalue weighted by atomic mass is 19.1. The van der Waals surface area contributed by atoms with Gasteiger partial charge in [-0.05, 0) is 60.4 Å². The van der Waals surface area contributed by atoms with Crippen LogP contribution in [0.25, 0.3) is 17.0 Å². The number of rotatable bonds is 6. The Balaban J connectivity index is 0.00000166. The van der Waals surface area contributed by atoms with Crippen LogP contribution in [0.15, 0.2) is 48.7 Å². The van der Waals surface area contributed by atoms with Crippen molar-refractivity contribution in [2.75, 3.05) is 14.2 Å². The summed E-state index contributed by atoms with van der Waals surface area (Å²) in [5.74, 6) is -0.662. The zero-order valence-corrected chi connectivity index (χ0v) is 18.4. The van der Waals surface area contributed by atoms with Crippen molar-refractivity contribution in [3.8, 4) is 5.75 Å². The number of hydrogen-bond acceptors (Lipinski definition) is 5. The van der Waals surface area contributed by atoms with Crippen LogP contribution in [0, 0.1) is 5.82 Å². The molecule has 0 atom stereocenters. The lowest BCUT2D eigenvalue weighted by Crippen LogP contribution is -2.06. The Morgan fingerprint density at radius 1 is 1.06 bits per heavy atom. The van der Waals surface area contributed by atoms with Crippen LogP contribution in [-0.4, -0.2) is 31.0 Å². The summed E-state index contributed by atoms with van der Waals surface area (Å²) in [7, 11) is 2.75. The highest BCUT2D eigenvalue weighted by Crippen LogP contribution is 2.33. The van der Waals surface area contributed by atoms with Gasteiger partial charge in [-0.15, -0.1) is 0 Å². The van der Waals surface area contributed by atoms with E-state index in [1.54, 1.807) is 30.5 Å². The number of halogens is 1. The lowest BCUT2D eigenvalue weighted by molar-refractivity contribution is -0.112. The number of benzene rings is 2. The predicted molar refractivity (Wildman–Crippen MR) is 120 cm³/mol. The lowest BCUT2D eigenvalue weighted by Gasteiger charge is -2.13. The zero-order chi connectivity index (χ0) is 23.0. The Kier molecular flexibility index (Phi) is 8.43. The first-order valence-corrected chi connectivity index (χ1v) is 9.94. The summed E-state index contributed by atoms with van der Waals surface area (Å²) in [5.41, 5.74) is 3.19. The first-order chi connectivity index (χ1) is 14.9. The third-order valence-electron chi connectivity index (χ3n) is 4.44. The molecule has 162 valence electrons. The molecule has 1 aromatic heterocycles. The fourth-order valence-corrected chi connectivity index (χ4v) is 3.08. The molecular weight excluding hydrogens is 397 g/mol. The Bertz CT molecular complexity index is 1100. The molecule has 0 aliphatic heterocycles. The number of ketones is 1. The maximum absolute atomic E-state index is 13.2. The molecule has 0 unspecified atom stereocenters. The van der Waals surface area contributed by atoms with Crippen molar-refractivity contribution < 1.29 is 23.5 Å². The largest absolute Gasteiger partial charge is 0.494 e. The first kappa shape index (κ1) is 23.7. The summed E-state index contributed by atoms with van der Waals surface area (Å²) in [6.07, 6.45) is 5.31. The lowest BCUT2D eigenvalue weighted by atomic mass is 9.98. The van der Waals surface area contributed by atoms with Gasteiger partial charge in [-0.3, -0.25) is 9.78 Å². The van der Waals surface area contributed by atoms with Crippen LogP contribution in [0.2, 0.25) is 0 Å². The van der Waals surface area contributed by atoms with Crippen LogP contribution >= 0.6 is 0 Å². The molecule has 0 saturated heterocycles. The minimum absolute atomic E-state index is 0.121. The van der Waals surface area contributed by atoms with Crippen LogP contribution < -0.4 is 4.74 Å². The molecule has 0 amide bonds. The maximum Gasteiger partial charge on any atom is 0.341 e. The van der Waals surface area contributed by atoms with Gasteiger partial charge in [0.2, 0.25) is 0 Å². The minimum atomic E-state index is -0.557. The average molecular weight is 423 g/mol. The maximum atomic E-state index is 13.2. The molecule has 6 heteroatoms. The molecule has 0 aliphatic carbocycles. The molecule has 0 spiro atoms. The third-order valence-corrected chi connectivity index (χ3v) is 4.44. The number of ether oxygens (including phenoxy) is 2. The second kappa shape index (κ2) is 11.0. The fourth-order valence-electron chi connectivity index (χ4n) is 3.08. The van der Waals surface area contributed by atoms with Gasteiger partial charge in [0.1, 0.15) is 16.9 Å². The van der Waals surface area contributed by atoms with E-state index in [2.05, 4.69) is 4.98 Å². The smallest absolute Gasteiger partial charge is 0.341 e. The topological polar surface area (TPSA) is 65.5 Å². The SMILES string of the molecule is CC.COC(=O)c1cc(/C=C/C(C)=O)c2cc(Cc3ccc(F)cc3)cnc2c1OC. The first-order valence-electron chi connectivity index (χ1n) is 9.94. The van der Waals surface area contributed by atoms with Gasteiger partial charge in [0, 0.05) is 11.6 Å². The van der Waals surface area contributed by atoms with Crippen LogP contribution in [0.1, 0.15) is 47.8 Å². The number of hydrogen-bond donors (Lipinski definition) is 0. The number of aromatic nitrogens is 1. The van der Waals surface area contributed by atoms with Gasteiger partial charge in [0.15, 0.2) is 11.5 Å². The van der Waals surface area contributed by atoms with E-state index < -0.39 is 5.97 Å². The van der Waals surface area contributed by atoms with Gasteiger partial charge in [-0.1, -0.05) is 32.1 Å². The van der Waals surface area contributed by atoms with E-state index in [-0.39, 0.29) is 17.2 Å². The second-order valence-corrected chi connectivity index (χ2v) is 6.53. The number of methoxy groups -OCH3 is 2. The number of fused-ring (bicyclic) bond motifs is 1. The summed E-state index contributed by atoms with van der Waals surface area (Å²) >= 11 is 0. The van der Waals surface area contributed by atoms with Gasteiger partial charge in [0.05, 0.1) is 14.2 Å². The highest BCUT2D eigenvalue weighted by molar-refractivity contribution is 6.04. The van der Waals surface area contributed by atoms with Crippen LogP contribution in [-0.2, 0) is 16.0 Å². The Morgan fingerprint density at radius 3 is 2.32 bits per heavy atom. The van der Waals surface area contributed by atoms with Gasteiger partial charge in [-0.25, -0.2) is 9.18 Å². The normalized spacial score (nSPS) is 10.5. The highest BCUT2D eigenvalue weighted by Gasteiger charge is 2.19. The number of nitrogens with zero attached hydrogens (tertiary/aromatic N) is 1. The molecule has 0 saturated carbocycles. The van der Waals surface area contributed by atoms with E-state index in [1.165, 1.54) is 39.4 Å². The van der Waals surface area contributed by atoms with E-state index >= 15 is 0 Å². The minimum Gasteiger partial charge on any atom is -0.494 e. The molecule has 31 heavy (non-hydrogen) atoms. The predicted octanol–water partition coefficient (Wildman–Crippen LogP) is 5.39. The standard InChI is InChI=1S/C23H20FNO4.C2H6/c1-14(26)4-7-17-12-20(23(27)29-3)22(28-2)21-19(17)11-16(13-25-21)10-15-5-8-18(24)9-6-15;1-2/h4-9,11-13H,10H2,1-3H3;1-2H3/b7-4+;.